The van der Waals surface area contributed by atoms with Crippen LogP contribution in [0.3, 0.4) is 0 Å². The van der Waals surface area contributed by atoms with Crippen LogP contribution in [0.25, 0.3) is 0 Å². The zero-order valence-corrected chi connectivity index (χ0v) is 16.8. The SMILES string of the molecule is OCCN1CCN(CCN2c3ccccc3Sc3ccc(C(F)(F)F)cc32)CC1. The van der Waals surface area contributed by atoms with Gasteiger partial charge in [0.1, 0.15) is 0 Å². The van der Waals surface area contributed by atoms with E-state index in [9.17, 15) is 13.2 Å². The lowest BCUT2D eigenvalue weighted by molar-refractivity contribution is -0.137. The van der Waals surface area contributed by atoms with E-state index in [1.807, 2.05) is 29.2 Å². The number of aliphatic hydroxyl groups is 1. The first-order valence-electron chi connectivity index (χ1n) is 9.77. The third-order valence-corrected chi connectivity index (χ3v) is 6.60. The van der Waals surface area contributed by atoms with Gasteiger partial charge in [-0.1, -0.05) is 23.9 Å². The number of fused-ring (bicyclic) bond motifs is 2. The van der Waals surface area contributed by atoms with Gasteiger partial charge in [0, 0.05) is 55.6 Å². The normalized spacial score (nSPS) is 17.9. The molecule has 156 valence electrons. The molecule has 1 N–H and O–H groups in total. The third kappa shape index (κ3) is 4.55. The molecule has 0 bridgehead atoms. The zero-order chi connectivity index (χ0) is 20.4. The molecule has 2 aliphatic heterocycles. The molecular formula is C21H24F3N3OS. The molecular weight excluding hydrogens is 399 g/mol. The Morgan fingerprint density at radius 1 is 0.828 bits per heavy atom. The molecule has 4 nitrogen and oxygen atoms in total. The maximum atomic E-state index is 13.3. The molecule has 8 heteroatoms. The summed E-state index contributed by atoms with van der Waals surface area (Å²) in [4.78, 5) is 8.51. The predicted molar refractivity (Wildman–Crippen MR) is 109 cm³/mol. The Bertz CT molecular complexity index is 853. The van der Waals surface area contributed by atoms with Gasteiger partial charge in [-0.15, -0.1) is 0 Å². The number of alkyl halides is 3. The van der Waals surface area contributed by atoms with Crippen LogP contribution in [0.5, 0.6) is 0 Å². The number of anilines is 2. The number of halogens is 3. The zero-order valence-electron chi connectivity index (χ0n) is 16.0. The smallest absolute Gasteiger partial charge is 0.395 e. The van der Waals surface area contributed by atoms with Crippen molar-refractivity contribution < 1.29 is 18.3 Å². The maximum absolute atomic E-state index is 13.3. The minimum absolute atomic E-state index is 0.167. The van der Waals surface area contributed by atoms with Gasteiger partial charge in [0.2, 0.25) is 0 Å². The Balaban J connectivity index is 1.54. The lowest BCUT2D eigenvalue weighted by Crippen LogP contribution is -2.48. The lowest BCUT2D eigenvalue weighted by Gasteiger charge is -2.38. The third-order valence-electron chi connectivity index (χ3n) is 5.47. The fraction of sp³-hybridized carbons (Fsp3) is 0.429. The van der Waals surface area contributed by atoms with Crippen molar-refractivity contribution in [3.8, 4) is 0 Å². The van der Waals surface area contributed by atoms with Gasteiger partial charge in [-0.2, -0.15) is 13.2 Å². The highest BCUT2D eigenvalue weighted by Crippen LogP contribution is 2.49. The topological polar surface area (TPSA) is 30.0 Å². The van der Waals surface area contributed by atoms with Crippen LogP contribution < -0.4 is 4.90 Å². The first-order chi connectivity index (χ1) is 14.0. The Hall–Kier alpha value is -1.74. The summed E-state index contributed by atoms with van der Waals surface area (Å²) >= 11 is 1.52. The number of rotatable bonds is 5. The van der Waals surface area contributed by atoms with Crippen molar-refractivity contribution in [2.45, 2.75) is 16.0 Å². The minimum Gasteiger partial charge on any atom is -0.395 e. The molecule has 0 aromatic heterocycles. The predicted octanol–water partition coefficient (Wildman–Crippen LogP) is 3.92. The number of nitrogens with zero attached hydrogens (tertiary/aromatic N) is 3. The fourth-order valence-corrected chi connectivity index (χ4v) is 4.94. The molecule has 2 aromatic carbocycles. The fourth-order valence-electron chi connectivity index (χ4n) is 3.87. The first kappa shape index (κ1) is 20.5. The Labute approximate surface area is 172 Å². The molecule has 4 rings (SSSR count). The number of benzene rings is 2. The van der Waals surface area contributed by atoms with Gasteiger partial charge >= 0.3 is 6.18 Å². The van der Waals surface area contributed by atoms with E-state index in [1.54, 1.807) is 6.07 Å². The summed E-state index contributed by atoms with van der Waals surface area (Å²) in [6.07, 6.45) is -4.36. The monoisotopic (exact) mass is 423 g/mol. The van der Waals surface area contributed by atoms with Gasteiger partial charge < -0.3 is 10.0 Å². The van der Waals surface area contributed by atoms with E-state index in [1.165, 1.54) is 23.9 Å². The Morgan fingerprint density at radius 3 is 2.17 bits per heavy atom. The van der Waals surface area contributed by atoms with E-state index in [-0.39, 0.29) is 6.61 Å². The average molecular weight is 424 g/mol. The molecule has 0 atom stereocenters. The van der Waals surface area contributed by atoms with Crippen molar-refractivity contribution in [1.82, 2.24) is 9.80 Å². The van der Waals surface area contributed by atoms with Gasteiger partial charge in [-0.05, 0) is 30.3 Å². The molecule has 0 amide bonds. The van der Waals surface area contributed by atoms with Crippen molar-refractivity contribution in [3.63, 3.8) is 0 Å². The number of β-amino-alcohol motifs (C(OH)–C–C–N with tert-alkyl or cyclic N) is 1. The van der Waals surface area contributed by atoms with Crippen LogP contribution in [0.1, 0.15) is 5.56 Å². The summed E-state index contributed by atoms with van der Waals surface area (Å²) in [7, 11) is 0. The molecule has 0 saturated carbocycles. The average Bonchev–Trinajstić information content (AvgIpc) is 2.71. The first-order valence-corrected chi connectivity index (χ1v) is 10.6. The second-order valence-corrected chi connectivity index (χ2v) is 8.39. The van der Waals surface area contributed by atoms with Crippen LogP contribution in [0.2, 0.25) is 0 Å². The molecule has 0 spiro atoms. The number of para-hydroxylation sites is 1. The van der Waals surface area contributed by atoms with Crippen LogP contribution in [-0.2, 0) is 6.18 Å². The standard InChI is InChI=1S/C21H24F3N3OS/c22-21(23,24)16-5-6-20-18(15-16)27(17-3-1-2-4-19(17)29-20)12-11-25-7-9-26(10-8-25)13-14-28/h1-6,15,28H,7-14H2. The molecule has 1 saturated heterocycles. The highest BCUT2D eigenvalue weighted by Gasteiger charge is 2.33. The van der Waals surface area contributed by atoms with Crippen molar-refractivity contribution >= 4 is 23.1 Å². The number of hydrogen-bond donors (Lipinski definition) is 1. The number of hydrogen-bond acceptors (Lipinski definition) is 5. The number of piperazine rings is 1. The second-order valence-electron chi connectivity index (χ2n) is 7.31. The van der Waals surface area contributed by atoms with E-state index in [2.05, 4.69) is 9.80 Å². The minimum atomic E-state index is -4.36. The second kappa shape index (κ2) is 8.55. The molecule has 2 aliphatic rings. The van der Waals surface area contributed by atoms with Crippen LogP contribution in [0, 0.1) is 0 Å². The maximum Gasteiger partial charge on any atom is 0.416 e. The van der Waals surface area contributed by atoms with Crippen LogP contribution in [-0.4, -0.2) is 67.3 Å². The van der Waals surface area contributed by atoms with Gasteiger partial charge in [-0.3, -0.25) is 9.80 Å². The Kier molecular flexibility index (Phi) is 6.06. The summed E-state index contributed by atoms with van der Waals surface area (Å²) in [5, 5.41) is 9.08. The molecule has 0 radical (unpaired) electrons. The van der Waals surface area contributed by atoms with Crippen molar-refractivity contribution in [3.05, 3.63) is 48.0 Å². The summed E-state index contributed by atoms with van der Waals surface area (Å²) in [5.41, 5.74) is 0.976. The van der Waals surface area contributed by atoms with E-state index in [0.29, 0.717) is 18.8 Å². The van der Waals surface area contributed by atoms with Gasteiger partial charge in [0.25, 0.3) is 0 Å². The van der Waals surface area contributed by atoms with E-state index < -0.39 is 11.7 Å². The summed E-state index contributed by atoms with van der Waals surface area (Å²) in [6, 6.07) is 11.9. The summed E-state index contributed by atoms with van der Waals surface area (Å²) in [6.45, 7) is 5.88. The van der Waals surface area contributed by atoms with Gasteiger partial charge in [0.15, 0.2) is 0 Å². The molecule has 2 aromatic rings. The van der Waals surface area contributed by atoms with E-state index in [0.717, 1.165) is 48.2 Å². The Morgan fingerprint density at radius 2 is 1.48 bits per heavy atom. The quantitative estimate of drug-likeness (QED) is 0.788. The molecule has 0 unspecified atom stereocenters. The largest absolute Gasteiger partial charge is 0.416 e. The molecule has 29 heavy (non-hydrogen) atoms. The molecule has 2 heterocycles. The van der Waals surface area contributed by atoms with Crippen LogP contribution in [0.4, 0.5) is 24.5 Å². The van der Waals surface area contributed by atoms with Crippen molar-refractivity contribution in [1.29, 1.82) is 0 Å². The molecule has 0 aliphatic carbocycles. The summed E-state index contributed by atoms with van der Waals surface area (Å²) in [5.74, 6) is 0. The summed E-state index contributed by atoms with van der Waals surface area (Å²) < 4.78 is 39.9. The molecule has 1 fully saturated rings. The van der Waals surface area contributed by atoms with Crippen LogP contribution >= 0.6 is 11.8 Å². The lowest BCUT2D eigenvalue weighted by atomic mass is 10.1. The highest BCUT2D eigenvalue weighted by molar-refractivity contribution is 7.99. The number of aliphatic hydroxyl groups excluding tert-OH is 1. The van der Waals surface area contributed by atoms with Gasteiger partial charge in [0.05, 0.1) is 23.5 Å². The highest BCUT2D eigenvalue weighted by atomic mass is 32.2. The van der Waals surface area contributed by atoms with E-state index >= 15 is 0 Å². The van der Waals surface area contributed by atoms with Gasteiger partial charge in [-0.25, -0.2) is 0 Å². The van der Waals surface area contributed by atoms with Crippen molar-refractivity contribution in [2.75, 3.05) is 57.3 Å². The van der Waals surface area contributed by atoms with Crippen LogP contribution in [0.15, 0.2) is 52.3 Å². The van der Waals surface area contributed by atoms with Crippen molar-refractivity contribution in [2.24, 2.45) is 0 Å². The van der Waals surface area contributed by atoms with E-state index in [4.69, 9.17) is 5.11 Å².